The minimum absolute atomic E-state index is 0.231. The van der Waals surface area contributed by atoms with Crippen LogP contribution >= 0.6 is 0 Å². The predicted molar refractivity (Wildman–Crippen MR) is 116 cm³/mol. The van der Waals surface area contributed by atoms with Gasteiger partial charge in [0, 0.05) is 0 Å². The number of esters is 1. The summed E-state index contributed by atoms with van der Waals surface area (Å²) in [5, 5.41) is 12.6. The van der Waals surface area contributed by atoms with E-state index < -0.39 is 49.8 Å². The van der Waals surface area contributed by atoms with Crippen molar-refractivity contribution < 1.29 is 31.8 Å². The Labute approximate surface area is 176 Å². The molecule has 1 aliphatic carbocycles. The van der Waals surface area contributed by atoms with Crippen LogP contribution in [-0.4, -0.2) is 61.4 Å². The van der Waals surface area contributed by atoms with Crippen molar-refractivity contribution in [3.8, 4) is 0 Å². The SMILES string of the molecule is C=CC(=O)NCC(=O)OC1CC(CC[Si]2(C)O[Si](C)(C)O[Si](C)(C)O2)CCC1O. The van der Waals surface area contributed by atoms with Gasteiger partial charge in [-0.1, -0.05) is 6.58 Å². The van der Waals surface area contributed by atoms with Crippen LogP contribution in [-0.2, 0) is 26.7 Å². The van der Waals surface area contributed by atoms with Crippen LogP contribution in [0.2, 0.25) is 38.8 Å². The lowest BCUT2D eigenvalue weighted by Crippen LogP contribution is -2.65. The van der Waals surface area contributed by atoms with Crippen LogP contribution in [0.25, 0.3) is 0 Å². The lowest BCUT2D eigenvalue weighted by molar-refractivity contribution is -0.158. The van der Waals surface area contributed by atoms with Crippen molar-refractivity contribution in [3.05, 3.63) is 12.7 Å². The molecule has 0 bridgehead atoms. The second-order valence-corrected chi connectivity index (χ2v) is 19.8. The summed E-state index contributed by atoms with van der Waals surface area (Å²) in [6, 6.07) is 0.861. The van der Waals surface area contributed by atoms with E-state index in [1.54, 1.807) is 0 Å². The first kappa shape index (κ1) is 24.4. The second-order valence-electron chi connectivity index (χ2n) is 8.97. The summed E-state index contributed by atoms with van der Waals surface area (Å²) < 4.78 is 24.2. The predicted octanol–water partition coefficient (Wildman–Crippen LogP) is 2.29. The molecular weight excluding hydrogens is 426 g/mol. The van der Waals surface area contributed by atoms with Gasteiger partial charge in [-0.25, -0.2) is 0 Å². The average molecular weight is 462 g/mol. The van der Waals surface area contributed by atoms with E-state index >= 15 is 0 Å². The molecule has 3 unspecified atom stereocenters. The van der Waals surface area contributed by atoms with E-state index in [1.807, 2.05) is 0 Å². The van der Waals surface area contributed by atoms with Gasteiger partial charge in [-0.05, 0) is 76.5 Å². The van der Waals surface area contributed by atoms with Crippen LogP contribution in [0.5, 0.6) is 0 Å². The maximum absolute atomic E-state index is 12.0. The Bertz CT molecular complexity index is 613. The fraction of sp³-hybridized carbons (Fsp3) is 0.778. The number of carbonyl (C=O) groups excluding carboxylic acids is 2. The molecule has 0 spiro atoms. The monoisotopic (exact) mass is 461 g/mol. The highest BCUT2D eigenvalue weighted by Crippen LogP contribution is 2.37. The van der Waals surface area contributed by atoms with Crippen LogP contribution in [0, 0.1) is 5.92 Å². The van der Waals surface area contributed by atoms with Crippen molar-refractivity contribution in [1.82, 2.24) is 5.32 Å². The average Bonchev–Trinajstić information content (AvgIpc) is 2.57. The maximum Gasteiger partial charge on any atom is 0.325 e. The van der Waals surface area contributed by atoms with Crippen molar-refractivity contribution >= 4 is 37.6 Å². The molecule has 2 aliphatic rings. The number of aliphatic hydroxyl groups is 1. The van der Waals surface area contributed by atoms with E-state index in [-0.39, 0.29) is 6.54 Å². The minimum Gasteiger partial charge on any atom is -0.458 e. The second kappa shape index (κ2) is 9.54. The summed E-state index contributed by atoms with van der Waals surface area (Å²) in [7, 11) is -6.66. The largest absolute Gasteiger partial charge is 0.458 e. The molecule has 1 saturated carbocycles. The highest BCUT2D eigenvalue weighted by molar-refractivity contribution is 6.92. The molecule has 29 heavy (non-hydrogen) atoms. The first-order valence-corrected chi connectivity index (χ1v) is 18.4. The molecule has 1 aliphatic heterocycles. The van der Waals surface area contributed by atoms with Gasteiger partial charge in [0.2, 0.25) is 5.91 Å². The van der Waals surface area contributed by atoms with Crippen molar-refractivity contribution in [2.24, 2.45) is 5.92 Å². The van der Waals surface area contributed by atoms with Crippen molar-refractivity contribution in [1.29, 1.82) is 0 Å². The van der Waals surface area contributed by atoms with Crippen LogP contribution in [0.3, 0.4) is 0 Å². The van der Waals surface area contributed by atoms with E-state index in [4.69, 9.17) is 17.1 Å². The summed E-state index contributed by atoms with van der Waals surface area (Å²) in [5.41, 5.74) is 0. The number of hydrogen-bond acceptors (Lipinski definition) is 7. The van der Waals surface area contributed by atoms with E-state index in [0.717, 1.165) is 25.0 Å². The van der Waals surface area contributed by atoms with Crippen LogP contribution in [0.1, 0.15) is 25.7 Å². The Morgan fingerprint density at radius 3 is 2.34 bits per heavy atom. The van der Waals surface area contributed by atoms with E-state index in [2.05, 4.69) is 44.6 Å². The van der Waals surface area contributed by atoms with E-state index in [1.165, 1.54) is 0 Å². The Kier molecular flexibility index (Phi) is 8.04. The molecule has 1 amide bonds. The molecule has 2 fully saturated rings. The lowest BCUT2D eigenvalue weighted by atomic mass is 9.84. The highest BCUT2D eigenvalue weighted by atomic mass is 28.5. The number of carbonyl (C=O) groups is 2. The van der Waals surface area contributed by atoms with Crippen LogP contribution in [0.15, 0.2) is 12.7 Å². The summed E-state index contributed by atoms with van der Waals surface area (Å²) in [5.74, 6) is -0.660. The van der Waals surface area contributed by atoms with Gasteiger partial charge in [-0.15, -0.1) is 0 Å². The van der Waals surface area contributed by atoms with Gasteiger partial charge in [-0.2, -0.15) is 0 Å². The lowest BCUT2D eigenvalue weighted by Gasteiger charge is -2.48. The Balaban J connectivity index is 1.87. The molecule has 1 saturated heterocycles. The topological polar surface area (TPSA) is 103 Å². The third-order valence-electron chi connectivity index (χ3n) is 5.16. The van der Waals surface area contributed by atoms with Crippen molar-refractivity contribution in [2.75, 3.05) is 6.54 Å². The first-order valence-electron chi connectivity index (χ1n) is 10.2. The van der Waals surface area contributed by atoms with Gasteiger partial charge in [0.1, 0.15) is 12.6 Å². The van der Waals surface area contributed by atoms with Gasteiger partial charge in [0.05, 0.1) is 6.10 Å². The standard InChI is InChI=1S/C18H35NO7Si3/c1-7-17(21)19-13-18(22)23-16-12-14(8-9-15(16)20)10-11-29(6)25-27(2,3)24-28(4,5)26-29/h7,14-16,20H,1,8-13H2,2-6H3,(H,19,21). The van der Waals surface area contributed by atoms with Gasteiger partial charge in [-0.3, -0.25) is 9.59 Å². The first-order chi connectivity index (χ1) is 13.3. The smallest absolute Gasteiger partial charge is 0.325 e. The number of ether oxygens (including phenoxy) is 1. The molecule has 166 valence electrons. The van der Waals surface area contributed by atoms with Crippen molar-refractivity contribution in [2.45, 2.75) is 76.7 Å². The molecule has 3 atom stereocenters. The molecule has 1 heterocycles. The Morgan fingerprint density at radius 2 is 1.76 bits per heavy atom. The fourth-order valence-electron chi connectivity index (χ4n) is 4.29. The molecule has 0 aromatic carbocycles. The third kappa shape index (κ3) is 7.74. The summed E-state index contributed by atoms with van der Waals surface area (Å²) in [6.07, 6.45) is 2.85. The van der Waals surface area contributed by atoms with Gasteiger partial charge < -0.3 is 27.5 Å². The number of hydrogen-bond donors (Lipinski definition) is 2. The van der Waals surface area contributed by atoms with Crippen molar-refractivity contribution in [3.63, 3.8) is 0 Å². The quantitative estimate of drug-likeness (QED) is 0.340. The number of nitrogens with one attached hydrogen (secondary N) is 1. The maximum atomic E-state index is 12.0. The Morgan fingerprint density at radius 1 is 1.14 bits per heavy atom. The summed E-state index contributed by atoms with van der Waals surface area (Å²) in [4.78, 5) is 23.1. The number of aliphatic hydroxyl groups excluding tert-OH is 1. The molecule has 2 N–H and O–H groups in total. The summed E-state index contributed by atoms with van der Waals surface area (Å²) in [6.45, 7) is 13.5. The zero-order valence-corrected chi connectivity index (χ0v) is 21.2. The molecule has 8 nitrogen and oxygen atoms in total. The molecule has 0 aromatic heterocycles. The normalized spacial score (nSPS) is 30.2. The Hall–Kier alpha value is -0.829. The molecule has 11 heteroatoms. The molecular formula is C18H35NO7Si3. The fourth-order valence-corrected chi connectivity index (χ4v) is 20.7. The van der Waals surface area contributed by atoms with Gasteiger partial charge in [0.25, 0.3) is 0 Å². The van der Waals surface area contributed by atoms with Gasteiger partial charge in [0.15, 0.2) is 0 Å². The van der Waals surface area contributed by atoms with Crippen LogP contribution in [0.4, 0.5) is 0 Å². The molecule has 2 rings (SSSR count). The van der Waals surface area contributed by atoms with Crippen LogP contribution < -0.4 is 5.32 Å². The van der Waals surface area contributed by atoms with E-state index in [9.17, 15) is 14.7 Å². The molecule has 0 radical (unpaired) electrons. The summed E-state index contributed by atoms with van der Waals surface area (Å²) >= 11 is 0. The van der Waals surface area contributed by atoms with Gasteiger partial charge >= 0.3 is 31.7 Å². The number of amides is 1. The zero-order valence-electron chi connectivity index (χ0n) is 18.2. The van der Waals surface area contributed by atoms with E-state index in [0.29, 0.717) is 18.8 Å². The molecule has 0 aromatic rings. The highest BCUT2D eigenvalue weighted by Gasteiger charge is 2.52. The minimum atomic E-state index is -2.32. The zero-order chi connectivity index (χ0) is 21.9. The number of rotatable bonds is 7. The third-order valence-corrected chi connectivity index (χ3v) is 17.7.